The van der Waals surface area contributed by atoms with Crippen molar-refractivity contribution in [2.24, 2.45) is 0 Å². The van der Waals surface area contributed by atoms with Crippen molar-refractivity contribution in [3.8, 4) is 11.5 Å². The van der Waals surface area contributed by atoms with E-state index in [1.54, 1.807) is 53.4 Å². The van der Waals surface area contributed by atoms with E-state index in [4.69, 9.17) is 9.47 Å². The van der Waals surface area contributed by atoms with Crippen LogP contribution >= 0.6 is 23.1 Å². The molecule has 0 radical (unpaired) electrons. The number of ether oxygens (including phenoxy) is 2. The molecule has 1 amide bonds. The lowest BCUT2D eigenvalue weighted by Gasteiger charge is -2.10. The van der Waals surface area contributed by atoms with Crippen LogP contribution in [-0.2, 0) is 22.3 Å². The van der Waals surface area contributed by atoms with Crippen LogP contribution in [0.5, 0.6) is 11.5 Å². The smallest absolute Gasteiger partial charge is 0.251 e. The Morgan fingerprint density at radius 3 is 2.78 bits per heavy atom. The first kappa shape index (κ1) is 22.7. The van der Waals surface area contributed by atoms with E-state index < -0.39 is 10.0 Å². The van der Waals surface area contributed by atoms with Gasteiger partial charge in [-0.25, -0.2) is 13.1 Å². The highest BCUT2D eigenvalue weighted by atomic mass is 32.2. The number of sulfonamides is 1. The van der Waals surface area contributed by atoms with Gasteiger partial charge in [-0.3, -0.25) is 4.79 Å². The van der Waals surface area contributed by atoms with Crippen molar-refractivity contribution in [2.45, 2.75) is 17.2 Å². The molecule has 10 heteroatoms. The van der Waals surface area contributed by atoms with Gasteiger partial charge in [0.15, 0.2) is 11.5 Å². The van der Waals surface area contributed by atoms with Crippen molar-refractivity contribution < 1.29 is 22.7 Å². The fourth-order valence-electron chi connectivity index (χ4n) is 3.02. The molecule has 4 rings (SSSR count). The molecule has 168 valence electrons. The van der Waals surface area contributed by atoms with Crippen molar-refractivity contribution in [1.82, 2.24) is 10.0 Å². The first-order valence-corrected chi connectivity index (χ1v) is 13.4. The highest BCUT2D eigenvalue weighted by molar-refractivity contribution is 7.98. The molecule has 0 spiro atoms. The number of fused-ring (bicyclic) bond motifs is 1. The van der Waals surface area contributed by atoms with Crippen LogP contribution in [0.3, 0.4) is 0 Å². The summed E-state index contributed by atoms with van der Waals surface area (Å²) >= 11 is 3.45. The summed E-state index contributed by atoms with van der Waals surface area (Å²) in [5, 5.41) is 4.89. The normalized spacial score (nSPS) is 12.6. The summed E-state index contributed by atoms with van der Waals surface area (Å²) in [7, 11) is -3.79. The fourth-order valence-corrected chi connectivity index (χ4v) is 5.79. The minimum Gasteiger partial charge on any atom is -0.454 e. The SMILES string of the molecule is O=C(NCCSCc1cccs1)c1cccc(S(=O)(=O)NCc2ccc3c(c2)OCO3)c1. The van der Waals surface area contributed by atoms with E-state index in [1.807, 2.05) is 11.4 Å². The van der Waals surface area contributed by atoms with Crippen LogP contribution in [0.25, 0.3) is 0 Å². The Kier molecular flexibility index (Phi) is 7.36. The summed E-state index contributed by atoms with van der Waals surface area (Å²) in [5.41, 5.74) is 1.05. The molecule has 7 nitrogen and oxygen atoms in total. The van der Waals surface area contributed by atoms with Crippen LogP contribution in [0.15, 0.2) is 64.9 Å². The molecular weight excluding hydrogens is 468 g/mol. The minimum absolute atomic E-state index is 0.0398. The van der Waals surface area contributed by atoms with Crippen LogP contribution in [0.2, 0.25) is 0 Å². The zero-order chi connectivity index (χ0) is 22.4. The van der Waals surface area contributed by atoms with E-state index in [0.717, 1.165) is 17.1 Å². The van der Waals surface area contributed by atoms with E-state index in [-0.39, 0.29) is 24.1 Å². The van der Waals surface area contributed by atoms with Crippen molar-refractivity contribution in [1.29, 1.82) is 0 Å². The Morgan fingerprint density at radius 2 is 1.94 bits per heavy atom. The molecule has 0 unspecified atom stereocenters. The number of hydrogen-bond acceptors (Lipinski definition) is 7. The topological polar surface area (TPSA) is 93.7 Å². The number of thioether (sulfide) groups is 1. The van der Waals surface area contributed by atoms with Gasteiger partial charge in [-0.1, -0.05) is 18.2 Å². The molecule has 1 aromatic heterocycles. The molecule has 0 saturated carbocycles. The molecule has 0 fully saturated rings. The van der Waals surface area contributed by atoms with Gasteiger partial charge in [0.25, 0.3) is 5.91 Å². The van der Waals surface area contributed by atoms with Gasteiger partial charge in [-0.2, -0.15) is 11.8 Å². The van der Waals surface area contributed by atoms with Gasteiger partial charge < -0.3 is 14.8 Å². The molecule has 1 aliphatic heterocycles. The Morgan fingerprint density at radius 1 is 1.06 bits per heavy atom. The molecule has 3 aromatic rings. The molecule has 0 atom stereocenters. The molecule has 32 heavy (non-hydrogen) atoms. The van der Waals surface area contributed by atoms with Gasteiger partial charge in [0, 0.05) is 35.0 Å². The van der Waals surface area contributed by atoms with Gasteiger partial charge in [0.1, 0.15) is 0 Å². The standard InChI is InChI=1S/C22H22N2O5S3/c25-22(23-8-10-30-14-18-4-2-9-31-18)17-3-1-5-19(12-17)32(26,27)24-13-16-6-7-20-21(11-16)29-15-28-20/h1-7,9,11-12,24H,8,10,13-15H2,(H,23,25). The summed E-state index contributed by atoms with van der Waals surface area (Å²) in [6.45, 7) is 0.762. The fraction of sp³-hybridized carbons (Fsp3) is 0.227. The molecule has 0 aliphatic carbocycles. The quantitative estimate of drug-likeness (QED) is 0.422. The Hall–Kier alpha value is -2.53. The Bertz CT molecular complexity index is 1180. The summed E-state index contributed by atoms with van der Waals surface area (Å²) < 4.78 is 38.6. The van der Waals surface area contributed by atoms with Crippen LogP contribution < -0.4 is 19.5 Å². The van der Waals surface area contributed by atoms with Crippen LogP contribution in [0, 0.1) is 0 Å². The third-order valence-corrected chi connectivity index (χ3v) is 8.13. The van der Waals surface area contributed by atoms with Crippen LogP contribution in [0.1, 0.15) is 20.8 Å². The van der Waals surface area contributed by atoms with Gasteiger partial charge in [-0.05, 0) is 47.3 Å². The van der Waals surface area contributed by atoms with Crippen molar-refractivity contribution in [2.75, 3.05) is 19.1 Å². The predicted molar refractivity (Wildman–Crippen MR) is 126 cm³/mol. The van der Waals surface area contributed by atoms with Gasteiger partial charge in [0.05, 0.1) is 4.90 Å². The molecule has 2 N–H and O–H groups in total. The second kappa shape index (κ2) is 10.4. The van der Waals surface area contributed by atoms with Gasteiger partial charge >= 0.3 is 0 Å². The molecule has 0 saturated heterocycles. The summed E-state index contributed by atoms with van der Waals surface area (Å²) in [6, 6.07) is 15.4. The third-order valence-electron chi connectivity index (χ3n) is 4.67. The summed E-state index contributed by atoms with van der Waals surface area (Å²) in [6.07, 6.45) is 0. The van der Waals surface area contributed by atoms with E-state index in [2.05, 4.69) is 16.1 Å². The van der Waals surface area contributed by atoms with E-state index in [9.17, 15) is 13.2 Å². The largest absolute Gasteiger partial charge is 0.454 e. The van der Waals surface area contributed by atoms with E-state index >= 15 is 0 Å². The number of nitrogens with one attached hydrogen (secondary N) is 2. The highest BCUT2D eigenvalue weighted by Crippen LogP contribution is 2.32. The third kappa shape index (κ3) is 5.83. The van der Waals surface area contributed by atoms with Crippen LogP contribution in [-0.4, -0.2) is 33.4 Å². The zero-order valence-electron chi connectivity index (χ0n) is 17.1. The molecule has 0 bridgehead atoms. The summed E-state index contributed by atoms with van der Waals surface area (Å²) in [5.74, 6) is 2.62. The average molecular weight is 491 g/mol. The zero-order valence-corrected chi connectivity index (χ0v) is 19.5. The molecule has 2 aromatic carbocycles. The number of hydrogen-bond donors (Lipinski definition) is 2. The van der Waals surface area contributed by atoms with Gasteiger partial charge in [-0.15, -0.1) is 11.3 Å². The number of benzene rings is 2. The Balaban J connectivity index is 1.30. The maximum atomic E-state index is 12.7. The first-order valence-electron chi connectivity index (χ1n) is 9.88. The number of rotatable bonds is 10. The molecule has 1 aliphatic rings. The first-order chi connectivity index (χ1) is 15.5. The van der Waals surface area contributed by atoms with E-state index in [1.165, 1.54) is 17.0 Å². The van der Waals surface area contributed by atoms with Crippen LogP contribution in [0.4, 0.5) is 0 Å². The summed E-state index contributed by atoms with van der Waals surface area (Å²) in [4.78, 5) is 13.8. The minimum atomic E-state index is -3.79. The lowest BCUT2D eigenvalue weighted by molar-refractivity contribution is 0.0956. The van der Waals surface area contributed by atoms with Crippen molar-refractivity contribution in [3.63, 3.8) is 0 Å². The number of carbonyl (C=O) groups is 1. The maximum Gasteiger partial charge on any atom is 0.251 e. The monoisotopic (exact) mass is 490 g/mol. The highest BCUT2D eigenvalue weighted by Gasteiger charge is 2.18. The Labute approximate surface area is 195 Å². The maximum absolute atomic E-state index is 12.7. The number of carbonyl (C=O) groups excluding carboxylic acids is 1. The second-order valence-corrected chi connectivity index (χ2v) is 10.8. The number of thiophene rings is 1. The molecular formula is C22H22N2O5S3. The number of amides is 1. The van der Waals surface area contributed by atoms with Crippen molar-refractivity contribution >= 4 is 39.0 Å². The van der Waals surface area contributed by atoms with E-state index in [0.29, 0.717) is 23.6 Å². The second-order valence-electron chi connectivity index (χ2n) is 6.93. The lowest BCUT2D eigenvalue weighted by atomic mass is 10.2. The molecule has 2 heterocycles. The van der Waals surface area contributed by atoms with Gasteiger partial charge in [0.2, 0.25) is 16.8 Å². The average Bonchev–Trinajstić information content (AvgIpc) is 3.49. The van der Waals surface area contributed by atoms with Crippen molar-refractivity contribution in [3.05, 3.63) is 76.0 Å². The lowest BCUT2D eigenvalue weighted by Crippen LogP contribution is -2.27. The predicted octanol–water partition coefficient (Wildman–Crippen LogP) is 3.62.